The quantitative estimate of drug-likeness (QED) is 0.746. The molecule has 102 valence electrons. The van der Waals surface area contributed by atoms with Gasteiger partial charge in [-0.3, -0.25) is 0 Å². The highest BCUT2D eigenvalue weighted by atomic mass is 32.1. The van der Waals surface area contributed by atoms with E-state index in [0.717, 1.165) is 21.5 Å². The number of rotatable bonds is 4. The van der Waals surface area contributed by atoms with Crippen molar-refractivity contribution in [1.82, 2.24) is 4.98 Å². The van der Waals surface area contributed by atoms with E-state index < -0.39 is 5.97 Å². The molecule has 2 aromatic heterocycles. The van der Waals surface area contributed by atoms with Crippen LogP contribution in [-0.4, -0.2) is 18.1 Å². The van der Waals surface area contributed by atoms with Gasteiger partial charge in [0.05, 0.1) is 29.1 Å². The largest absolute Gasteiger partial charge is 0.463 e. The van der Waals surface area contributed by atoms with Crippen LogP contribution in [-0.2, 0) is 11.3 Å². The molecule has 1 aromatic carbocycles. The number of hydrogen-bond acceptors (Lipinski definition) is 6. The van der Waals surface area contributed by atoms with Crippen LogP contribution in [0.25, 0.3) is 10.2 Å². The smallest absolute Gasteiger partial charge is 0.374 e. The van der Waals surface area contributed by atoms with Gasteiger partial charge in [0, 0.05) is 17.8 Å². The molecule has 20 heavy (non-hydrogen) atoms. The second-order valence-corrected chi connectivity index (χ2v) is 5.04. The first-order valence-corrected chi connectivity index (χ1v) is 6.87. The van der Waals surface area contributed by atoms with Gasteiger partial charge in [0.1, 0.15) is 0 Å². The maximum atomic E-state index is 11.5. The molecule has 0 spiro atoms. The monoisotopic (exact) mass is 288 g/mol. The normalized spacial score (nSPS) is 10.7. The SMILES string of the molecule is COC(=O)c1occc1CNc1ccc2ncsc2c1. The molecule has 0 unspecified atom stereocenters. The number of aromatic nitrogens is 1. The Morgan fingerprint density at radius 2 is 2.35 bits per heavy atom. The molecule has 0 saturated heterocycles. The number of carbonyl (C=O) groups excluding carboxylic acids is 1. The Hall–Kier alpha value is -2.34. The summed E-state index contributed by atoms with van der Waals surface area (Å²) in [6.07, 6.45) is 1.48. The standard InChI is InChI=1S/C14H12N2O3S/c1-18-14(17)13-9(4-5-19-13)7-15-10-2-3-11-12(6-10)20-8-16-11/h2-6,8,15H,7H2,1H3. The topological polar surface area (TPSA) is 64.4 Å². The summed E-state index contributed by atoms with van der Waals surface area (Å²) in [6, 6.07) is 7.71. The molecular weight excluding hydrogens is 276 g/mol. The number of ether oxygens (including phenoxy) is 1. The van der Waals surface area contributed by atoms with Crippen LogP contribution in [0.5, 0.6) is 0 Å². The number of thiazole rings is 1. The fourth-order valence-electron chi connectivity index (χ4n) is 1.91. The van der Waals surface area contributed by atoms with Crippen LogP contribution >= 0.6 is 11.3 Å². The summed E-state index contributed by atoms with van der Waals surface area (Å²) in [5, 5.41) is 3.26. The summed E-state index contributed by atoms with van der Waals surface area (Å²) < 4.78 is 10.9. The lowest BCUT2D eigenvalue weighted by Gasteiger charge is -2.06. The van der Waals surface area contributed by atoms with Crippen LogP contribution in [0.4, 0.5) is 5.69 Å². The van der Waals surface area contributed by atoms with Gasteiger partial charge in [-0.2, -0.15) is 0 Å². The van der Waals surface area contributed by atoms with Gasteiger partial charge < -0.3 is 14.5 Å². The first-order valence-electron chi connectivity index (χ1n) is 6.00. The zero-order chi connectivity index (χ0) is 13.9. The molecule has 0 aliphatic rings. The number of carbonyl (C=O) groups is 1. The third-order valence-electron chi connectivity index (χ3n) is 2.93. The van der Waals surface area contributed by atoms with E-state index in [-0.39, 0.29) is 5.76 Å². The fourth-order valence-corrected chi connectivity index (χ4v) is 2.63. The number of anilines is 1. The van der Waals surface area contributed by atoms with E-state index in [1.54, 1.807) is 17.4 Å². The average molecular weight is 288 g/mol. The minimum atomic E-state index is -0.468. The van der Waals surface area contributed by atoms with Crippen molar-refractivity contribution in [3.63, 3.8) is 0 Å². The molecule has 0 saturated carbocycles. The molecule has 6 heteroatoms. The molecule has 5 nitrogen and oxygen atoms in total. The average Bonchev–Trinajstić information content (AvgIpc) is 3.12. The number of fused-ring (bicyclic) bond motifs is 1. The van der Waals surface area contributed by atoms with Crippen molar-refractivity contribution < 1.29 is 13.9 Å². The number of benzene rings is 1. The summed E-state index contributed by atoms with van der Waals surface area (Å²) in [5.74, 6) is -0.233. The predicted molar refractivity (Wildman–Crippen MR) is 77.0 cm³/mol. The molecule has 0 aliphatic carbocycles. The van der Waals surface area contributed by atoms with E-state index in [0.29, 0.717) is 6.54 Å². The Labute approximate surface area is 119 Å². The fraction of sp³-hybridized carbons (Fsp3) is 0.143. The van der Waals surface area contributed by atoms with Crippen LogP contribution in [0.1, 0.15) is 16.1 Å². The third kappa shape index (κ3) is 2.37. The lowest BCUT2D eigenvalue weighted by Crippen LogP contribution is -2.06. The summed E-state index contributed by atoms with van der Waals surface area (Å²) in [4.78, 5) is 15.7. The van der Waals surface area contributed by atoms with Gasteiger partial charge in [-0.1, -0.05) is 0 Å². The maximum Gasteiger partial charge on any atom is 0.374 e. The summed E-state index contributed by atoms with van der Waals surface area (Å²) >= 11 is 1.59. The molecule has 3 rings (SSSR count). The van der Waals surface area contributed by atoms with Gasteiger partial charge in [0.15, 0.2) is 0 Å². The highest BCUT2D eigenvalue weighted by Crippen LogP contribution is 2.22. The molecule has 0 aliphatic heterocycles. The van der Waals surface area contributed by atoms with Crippen LogP contribution in [0.2, 0.25) is 0 Å². The molecule has 0 fully saturated rings. The van der Waals surface area contributed by atoms with Crippen molar-refractivity contribution in [3.05, 3.63) is 47.4 Å². The minimum absolute atomic E-state index is 0.235. The predicted octanol–water partition coefficient (Wildman–Crippen LogP) is 3.29. The first kappa shape index (κ1) is 12.7. The lowest BCUT2D eigenvalue weighted by molar-refractivity contribution is 0.0563. The molecule has 3 aromatic rings. The number of esters is 1. The highest BCUT2D eigenvalue weighted by molar-refractivity contribution is 7.16. The van der Waals surface area contributed by atoms with Gasteiger partial charge in [-0.15, -0.1) is 11.3 Å². The summed E-state index contributed by atoms with van der Waals surface area (Å²) in [5.41, 5.74) is 4.54. The first-order chi connectivity index (χ1) is 9.78. The molecule has 0 atom stereocenters. The van der Waals surface area contributed by atoms with E-state index in [2.05, 4.69) is 15.0 Å². The Morgan fingerprint density at radius 3 is 3.20 bits per heavy atom. The summed E-state index contributed by atoms with van der Waals surface area (Å²) in [7, 11) is 1.33. The van der Waals surface area contributed by atoms with Gasteiger partial charge in [0.2, 0.25) is 5.76 Å². The Kier molecular flexibility index (Phi) is 3.39. The molecule has 1 N–H and O–H groups in total. The number of hydrogen-bond donors (Lipinski definition) is 1. The molecule has 0 radical (unpaired) electrons. The molecule has 0 bridgehead atoms. The van der Waals surface area contributed by atoms with E-state index in [9.17, 15) is 4.79 Å². The minimum Gasteiger partial charge on any atom is -0.463 e. The van der Waals surface area contributed by atoms with Gasteiger partial charge in [0.25, 0.3) is 0 Å². The van der Waals surface area contributed by atoms with Gasteiger partial charge in [-0.25, -0.2) is 9.78 Å². The Morgan fingerprint density at radius 1 is 1.45 bits per heavy atom. The molecule has 0 amide bonds. The van der Waals surface area contributed by atoms with E-state index >= 15 is 0 Å². The van der Waals surface area contributed by atoms with Gasteiger partial charge >= 0.3 is 5.97 Å². The van der Waals surface area contributed by atoms with E-state index in [1.807, 2.05) is 23.7 Å². The zero-order valence-electron chi connectivity index (χ0n) is 10.8. The number of nitrogens with zero attached hydrogens (tertiary/aromatic N) is 1. The van der Waals surface area contributed by atoms with E-state index in [1.165, 1.54) is 13.4 Å². The van der Waals surface area contributed by atoms with Crippen LogP contribution in [0.3, 0.4) is 0 Å². The van der Waals surface area contributed by atoms with Gasteiger partial charge in [-0.05, 0) is 24.3 Å². The van der Waals surface area contributed by atoms with Crippen LogP contribution in [0, 0.1) is 0 Å². The maximum absolute atomic E-state index is 11.5. The van der Waals surface area contributed by atoms with Crippen molar-refractivity contribution in [2.75, 3.05) is 12.4 Å². The number of nitrogens with one attached hydrogen (secondary N) is 1. The third-order valence-corrected chi connectivity index (χ3v) is 3.72. The Balaban J connectivity index is 1.76. The summed E-state index contributed by atoms with van der Waals surface area (Å²) in [6.45, 7) is 0.491. The van der Waals surface area contributed by atoms with Crippen molar-refractivity contribution in [1.29, 1.82) is 0 Å². The molecule has 2 heterocycles. The van der Waals surface area contributed by atoms with Crippen molar-refractivity contribution in [3.8, 4) is 0 Å². The number of methoxy groups -OCH3 is 1. The van der Waals surface area contributed by atoms with Crippen molar-refractivity contribution >= 4 is 33.2 Å². The van der Waals surface area contributed by atoms with E-state index in [4.69, 9.17) is 4.42 Å². The van der Waals surface area contributed by atoms with Crippen molar-refractivity contribution in [2.24, 2.45) is 0 Å². The highest BCUT2D eigenvalue weighted by Gasteiger charge is 2.15. The Bertz CT molecular complexity index is 748. The second-order valence-electron chi connectivity index (χ2n) is 4.15. The van der Waals surface area contributed by atoms with Crippen LogP contribution in [0.15, 0.2) is 40.5 Å². The molecular formula is C14H12N2O3S. The lowest BCUT2D eigenvalue weighted by atomic mass is 10.2. The number of furan rings is 1. The second kappa shape index (κ2) is 5.34. The zero-order valence-corrected chi connectivity index (χ0v) is 11.6. The van der Waals surface area contributed by atoms with Crippen molar-refractivity contribution in [2.45, 2.75) is 6.54 Å². The van der Waals surface area contributed by atoms with Crippen LogP contribution < -0.4 is 5.32 Å².